The Hall–Kier alpha value is -5.80. The highest BCUT2D eigenvalue weighted by Gasteiger charge is 2.39. The summed E-state index contributed by atoms with van der Waals surface area (Å²) in [4.78, 5) is 63.8. The summed E-state index contributed by atoms with van der Waals surface area (Å²) in [6.07, 6.45) is -2.63. The van der Waals surface area contributed by atoms with Crippen molar-refractivity contribution in [1.82, 2.24) is 35.1 Å². The van der Waals surface area contributed by atoms with Crippen molar-refractivity contribution < 1.29 is 46.6 Å². The number of ether oxygens (including phenoxy) is 3. The lowest BCUT2D eigenvalue weighted by Gasteiger charge is -2.39. The fourth-order valence-electron chi connectivity index (χ4n) is 9.20. The van der Waals surface area contributed by atoms with Crippen molar-refractivity contribution in [1.29, 1.82) is 0 Å². The van der Waals surface area contributed by atoms with Crippen molar-refractivity contribution in [2.45, 2.75) is 117 Å². The van der Waals surface area contributed by atoms with Crippen LogP contribution in [-0.4, -0.2) is 132 Å². The van der Waals surface area contributed by atoms with Gasteiger partial charge >= 0.3 is 12.1 Å². The van der Waals surface area contributed by atoms with Gasteiger partial charge in [0.25, 0.3) is 11.8 Å². The van der Waals surface area contributed by atoms with Gasteiger partial charge in [-0.2, -0.15) is 13.2 Å². The maximum absolute atomic E-state index is 14.7. The summed E-state index contributed by atoms with van der Waals surface area (Å²) >= 11 is 0. The Morgan fingerprint density at radius 3 is 2.46 bits per heavy atom. The van der Waals surface area contributed by atoms with E-state index < -0.39 is 59.7 Å². The van der Waals surface area contributed by atoms with Crippen LogP contribution in [0.1, 0.15) is 84.2 Å². The third-order valence-electron chi connectivity index (χ3n) is 14.0. The minimum Gasteiger partial charge on any atom is -0.464 e. The maximum Gasteiger partial charge on any atom is 0.406 e. The lowest BCUT2D eigenvalue weighted by atomic mass is 9.84. The zero-order valence-corrected chi connectivity index (χ0v) is 42.5. The topological polar surface area (TPSA) is 148 Å². The van der Waals surface area contributed by atoms with Crippen molar-refractivity contribution >= 4 is 34.6 Å². The smallest absolute Gasteiger partial charge is 0.406 e. The number of hydrogen-bond donors (Lipinski definition) is 2. The van der Waals surface area contributed by atoms with E-state index in [1.54, 1.807) is 42.3 Å². The van der Waals surface area contributed by atoms with E-state index in [-0.39, 0.29) is 56.4 Å². The highest BCUT2D eigenvalue weighted by atomic mass is 19.4. The Labute approximate surface area is 414 Å². The van der Waals surface area contributed by atoms with E-state index in [0.717, 1.165) is 11.1 Å². The van der Waals surface area contributed by atoms with Crippen LogP contribution in [0.4, 0.5) is 13.2 Å². The molecule has 0 aliphatic carbocycles. The number of benzene rings is 2. The molecule has 382 valence electrons. The molecule has 0 radical (unpaired) electrons. The number of carbonyl (C=O) groups is 4. The predicted octanol–water partition coefficient (Wildman–Crippen LogP) is 7.13. The van der Waals surface area contributed by atoms with E-state index >= 15 is 0 Å². The molecule has 0 saturated carbocycles. The first-order valence-electron chi connectivity index (χ1n) is 24.4. The molecule has 2 saturated heterocycles. The molecular weight excluding hydrogens is 916 g/mol. The number of likely N-dealkylation sites (tertiary alicyclic amines) is 1. The number of halogens is 3. The highest BCUT2D eigenvalue weighted by molar-refractivity contribution is 5.96. The summed E-state index contributed by atoms with van der Waals surface area (Å²) in [5.74, 6) is 3.26. The molecule has 17 heteroatoms. The van der Waals surface area contributed by atoms with Gasteiger partial charge in [0.1, 0.15) is 18.6 Å². The van der Waals surface area contributed by atoms with Gasteiger partial charge in [-0.15, -0.1) is 0 Å². The van der Waals surface area contributed by atoms with Crippen LogP contribution in [0.2, 0.25) is 0 Å². The van der Waals surface area contributed by atoms with Gasteiger partial charge in [0.2, 0.25) is 5.91 Å². The van der Waals surface area contributed by atoms with Gasteiger partial charge in [0, 0.05) is 61.2 Å². The number of cyclic esters (lactones) is 1. The van der Waals surface area contributed by atoms with Crippen LogP contribution < -0.4 is 10.7 Å². The summed E-state index contributed by atoms with van der Waals surface area (Å²) in [6, 6.07) is 14.5. The summed E-state index contributed by atoms with van der Waals surface area (Å²) in [5, 5.41) is 5.04. The van der Waals surface area contributed by atoms with Gasteiger partial charge in [0.15, 0.2) is 0 Å². The average Bonchev–Trinajstić information content (AvgIpc) is 3.58. The van der Waals surface area contributed by atoms with Crippen LogP contribution in [0.3, 0.4) is 0 Å². The normalized spacial score (nSPS) is 19.9. The lowest BCUT2D eigenvalue weighted by molar-refractivity contribution is -0.155. The standard InChI is InChI=1S/C54H68F3N7O7/c1-33(2)42(30-70-38-28-62(29-38)46(65)20-21-53(6,7)61(8)9)49(66)59-44-25-35-14-11-15-36(24-35)37-18-19-45-40(26-37)41(27-52(4,5)32-71-51(68)43-17-13-23-64(60-43)50(44)67)48(63(45)31-54(55,56)57)39-16-12-22-58-47(39)34(3)69-10/h11-12,14-16,18-19,22,24,26,33-34,38,42-44,60H,13,17,23,25,27-32H2,1-10H3,(H,59,66)/t34?,42-,43-,44-/m0/s1. The Morgan fingerprint density at radius 1 is 1.04 bits per heavy atom. The van der Waals surface area contributed by atoms with Crippen LogP contribution in [0.25, 0.3) is 33.3 Å². The Morgan fingerprint density at radius 2 is 1.77 bits per heavy atom. The molecule has 2 aromatic heterocycles. The molecule has 4 aromatic rings. The number of methoxy groups -OCH3 is 1. The summed E-state index contributed by atoms with van der Waals surface area (Å²) in [5.41, 5.74) is 6.37. The molecule has 3 aliphatic rings. The van der Waals surface area contributed by atoms with Crippen LogP contribution in [0.5, 0.6) is 0 Å². The maximum atomic E-state index is 14.7. The Bertz CT molecular complexity index is 2680. The number of nitrogens with one attached hydrogen (secondary N) is 2. The molecule has 4 atom stereocenters. The first-order valence-corrected chi connectivity index (χ1v) is 24.4. The first kappa shape index (κ1) is 53.0. The molecule has 0 spiro atoms. The molecule has 1 unspecified atom stereocenters. The molecule has 2 aromatic carbocycles. The molecule has 6 bridgehead atoms. The van der Waals surface area contributed by atoms with E-state index in [2.05, 4.69) is 27.6 Å². The molecule has 14 nitrogen and oxygen atoms in total. The largest absolute Gasteiger partial charge is 0.464 e. The fourth-order valence-corrected chi connectivity index (χ4v) is 9.20. The average molecular weight is 984 g/mol. The number of esters is 1. The first-order chi connectivity index (χ1) is 33.4. The third kappa shape index (κ3) is 12.5. The highest BCUT2D eigenvalue weighted by Crippen LogP contribution is 2.43. The van der Waals surface area contributed by atoms with E-state index in [4.69, 9.17) is 14.2 Å². The molecule has 2 fully saturated rings. The van der Waals surface area contributed by atoms with Crippen molar-refractivity contribution in [3.8, 4) is 34.2 Å². The van der Waals surface area contributed by atoms with Gasteiger partial charge in [-0.3, -0.25) is 34.1 Å². The minimum atomic E-state index is -4.58. The molecular formula is C54H68F3N7O7. The number of aromatic nitrogens is 2. The number of pyridine rings is 1. The molecule has 3 aliphatic heterocycles. The van der Waals surface area contributed by atoms with E-state index in [1.807, 2.05) is 90.9 Å². The number of hydrazine groups is 1. The monoisotopic (exact) mass is 984 g/mol. The molecule has 2 N–H and O–H groups in total. The second-order valence-corrected chi connectivity index (χ2v) is 21.0. The number of amides is 3. The molecule has 71 heavy (non-hydrogen) atoms. The Kier molecular flexibility index (Phi) is 16.1. The summed E-state index contributed by atoms with van der Waals surface area (Å²) < 4.78 is 63.3. The second kappa shape index (κ2) is 21.5. The van der Waals surface area contributed by atoms with Crippen molar-refractivity contribution in [2.24, 2.45) is 17.3 Å². The number of alkyl halides is 3. The van der Waals surface area contributed by atoms with Crippen LogP contribution in [0, 0.1) is 29.1 Å². The quantitative estimate of drug-likeness (QED) is 0.118. The molecule has 7 rings (SSSR count). The van der Waals surface area contributed by atoms with Crippen molar-refractivity contribution in [3.63, 3.8) is 0 Å². The van der Waals surface area contributed by atoms with Crippen LogP contribution >= 0.6 is 0 Å². The SMILES string of the molecule is COC(C)c1ncccc1-c1c2c3cc(ccc3n1CC(F)(F)F)-c1cccc(c1)C[C@H](NC(=O)[C@@H](COC1CN(C(=O)C#CC(C)(C)N(C)C)C1)C(C)C)C(=O)N1CCC[C@H](N1)C(=O)OCC(C)(C)C2. The summed E-state index contributed by atoms with van der Waals surface area (Å²) in [6.45, 7) is 13.0. The van der Waals surface area contributed by atoms with Crippen molar-refractivity contribution in [3.05, 3.63) is 77.6 Å². The van der Waals surface area contributed by atoms with E-state index in [9.17, 15) is 32.3 Å². The van der Waals surface area contributed by atoms with E-state index in [1.165, 1.54) is 16.7 Å². The molecule has 5 heterocycles. The summed E-state index contributed by atoms with van der Waals surface area (Å²) in [7, 11) is 5.32. The zero-order valence-electron chi connectivity index (χ0n) is 42.5. The fraction of sp³-hybridized carbons (Fsp3) is 0.537. The van der Waals surface area contributed by atoms with Crippen molar-refractivity contribution in [2.75, 3.05) is 54.1 Å². The number of hydrogen-bond acceptors (Lipinski definition) is 10. The number of rotatable bonds is 11. The van der Waals surface area contributed by atoms with Gasteiger partial charge in [-0.1, -0.05) is 63.9 Å². The predicted molar refractivity (Wildman–Crippen MR) is 264 cm³/mol. The third-order valence-corrected chi connectivity index (χ3v) is 14.0. The number of carbonyl (C=O) groups excluding carboxylic acids is 4. The van der Waals surface area contributed by atoms with E-state index in [0.29, 0.717) is 64.9 Å². The van der Waals surface area contributed by atoms with Gasteiger partial charge in [0.05, 0.1) is 48.3 Å². The zero-order chi connectivity index (χ0) is 51.6. The van der Waals surface area contributed by atoms with Gasteiger partial charge in [-0.05, 0) is 112 Å². The minimum absolute atomic E-state index is 0.0581. The second-order valence-electron chi connectivity index (χ2n) is 21.0. The molecule has 3 amide bonds. The Balaban J connectivity index is 1.23. The van der Waals surface area contributed by atoms with Crippen LogP contribution in [0.15, 0.2) is 60.8 Å². The van der Waals surface area contributed by atoms with Gasteiger partial charge < -0.3 is 29.0 Å². The lowest BCUT2D eigenvalue weighted by Crippen LogP contribution is -2.61. The van der Waals surface area contributed by atoms with Gasteiger partial charge in [-0.25, -0.2) is 5.43 Å². The van der Waals surface area contributed by atoms with Crippen LogP contribution in [-0.2, 0) is 52.8 Å². The number of nitrogens with zero attached hydrogens (tertiary/aromatic N) is 5. The number of fused-ring (bicyclic) bond motifs is 6.